The van der Waals surface area contributed by atoms with Crippen LogP contribution in [0.15, 0.2) is 36.5 Å². The number of hydrogen-bond donors (Lipinski definition) is 6. The van der Waals surface area contributed by atoms with E-state index in [1.807, 2.05) is 53.7 Å². The van der Waals surface area contributed by atoms with Crippen LogP contribution in [0.3, 0.4) is 0 Å². The molecule has 0 aromatic rings. The van der Waals surface area contributed by atoms with Crippen molar-refractivity contribution >= 4 is 47.8 Å². The first-order chi connectivity index (χ1) is 52.2. The Bertz CT molecular complexity index is 2220. The van der Waals surface area contributed by atoms with E-state index in [0.717, 1.165) is 116 Å². The normalized spacial score (nSPS) is 13.6. The monoisotopic (exact) mass is 1540 g/mol. The first-order valence-electron chi connectivity index (χ1n) is 42.5. The third kappa shape index (κ3) is 78.8. The molecule has 6 N–H and O–H groups in total. The van der Waals surface area contributed by atoms with Gasteiger partial charge < -0.3 is 68.5 Å². The summed E-state index contributed by atoms with van der Waals surface area (Å²) in [5, 5.41) is 58.2. The van der Waals surface area contributed by atoms with Crippen LogP contribution in [-0.4, -0.2) is 167 Å². The Kier molecular flexibility index (Phi) is 80.4. The minimum absolute atomic E-state index is 0.0148. The van der Waals surface area contributed by atoms with E-state index in [2.05, 4.69) is 26.0 Å². The largest absolute Gasteiger partial charge is 0.462 e. The van der Waals surface area contributed by atoms with Gasteiger partial charge in [-0.05, 0) is 116 Å². The molecule has 0 rings (SSSR count). The average Bonchev–Trinajstić information content (AvgIpc) is 0.954. The highest BCUT2D eigenvalue weighted by atomic mass is 16.6. The lowest BCUT2D eigenvalue weighted by Gasteiger charge is -2.19. The van der Waals surface area contributed by atoms with Gasteiger partial charge in [-0.25, -0.2) is 0 Å². The van der Waals surface area contributed by atoms with Crippen molar-refractivity contribution in [3.8, 4) is 0 Å². The fraction of sp³-hybridized carbons (Fsp3) is 0.837. The van der Waals surface area contributed by atoms with Crippen LogP contribution in [0.2, 0.25) is 0 Å². The Morgan fingerprint density at radius 1 is 0.250 bits per heavy atom. The van der Waals surface area contributed by atoms with Gasteiger partial charge in [0.1, 0.15) is 33.0 Å². The zero-order valence-electron chi connectivity index (χ0n) is 68.9. The quantitative estimate of drug-likeness (QED) is 0.0143. The van der Waals surface area contributed by atoms with Gasteiger partial charge >= 0.3 is 47.8 Å². The number of allylic oxidation sites excluding steroid dienone is 4. The number of rotatable bonds is 72. The maximum absolute atomic E-state index is 12.3. The van der Waals surface area contributed by atoms with Gasteiger partial charge in [0, 0.05) is 38.5 Å². The summed E-state index contributed by atoms with van der Waals surface area (Å²) in [5.41, 5.74) is 0. The van der Waals surface area contributed by atoms with Crippen molar-refractivity contribution in [1.29, 1.82) is 0 Å². The van der Waals surface area contributed by atoms with Crippen molar-refractivity contribution in [3.63, 3.8) is 0 Å². The summed E-state index contributed by atoms with van der Waals surface area (Å²) in [4.78, 5) is 96.1. The first-order valence-corrected chi connectivity index (χ1v) is 42.5. The van der Waals surface area contributed by atoms with Gasteiger partial charge in [0.2, 0.25) is 0 Å². The van der Waals surface area contributed by atoms with Crippen LogP contribution in [-0.2, 0) is 76.3 Å². The summed E-state index contributed by atoms with van der Waals surface area (Å²) < 4.78 is 41.9. The second kappa shape index (κ2) is 81.2. The second-order valence-electron chi connectivity index (χ2n) is 28.6. The number of esters is 8. The van der Waals surface area contributed by atoms with Gasteiger partial charge in [-0.1, -0.05) is 246 Å². The molecule has 0 saturated carbocycles. The van der Waals surface area contributed by atoms with Crippen molar-refractivity contribution in [2.75, 3.05) is 39.6 Å². The van der Waals surface area contributed by atoms with Crippen LogP contribution in [0, 0.1) is 0 Å². The molecular weight excluding hydrogens is 1380 g/mol. The molecule has 0 bridgehead atoms. The molecule has 0 fully saturated rings. The van der Waals surface area contributed by atoms with Gasteiger partial charge in [-0.3, -0.25) is 38.4 Å². The minimum atomic E-state index is -0.935. The van der Waals surface area contributed by atoms with E-state index in [9.17, 15) is 69.0 Å². The lowest BCUT2D eigenvalue weighted by atomic mass is 10.0. The summed E-state index contributed by atoms with van der Waals surface area (Å²) >= 11 is 0. The number of carbonyl (C=O) groups excluding carboxylic acids is 8. The highest BCUT2D eigenvalue weighted by Gasteiger charge is 2.23. The molecule has 22 heteroatoms. The number of carbonyl (C=O) groups is 8. The summed E-state index contributed by atoms with van der Waals surface area (Å²) in [5.74, 6) is -3.68. The molecule has 8 atom stereocenters. The third-order valence-electron chi connectivity index (χ3n) is 17.8. The molecule has 0 aliphatic rings. The molecule has 8 unspecified atom stereocenters. The van der Waals surface area contributed by atoms with Crippen molar-refractivity contribution < 1.29 is 107 Å². The van der Waals surface area contributed by atoms with Crippen molar-refractivity contribution in [1.82, 2.24) is 0 Å². The van der Waals surface area contributed by atoms with Gasteiger partial charge in [-0.15, -0.1) is 0 Å². The Hall–Kier alpha value is -5.26. The Morgan fingerprint density at radius 3 is 0.861 bits per heavy atom. The summed E-state index contributed by atoms with van der Waals surface area (Å²) in [6, 6.07) is 0. The SMILES string of the molecule is CC/C=C\CC(=O)OCC(COC(=O)CCCCCCC/C=C\CCCCCCCC)OC(=O)C/C=C\CC.CCCC(O)CCC(=O)OCC(CO)OC(=O)CCC(O)CCC.CCCCCCCCCC(O)CCCCCCCCC(=O)OCC(COC(=O)CCC(O)CCC)OC(=O)CCC(O)CCC. The Labute approximate surface area is 653 Å². The molecule has 0 aliphatic heterocycles. The van der Waals surface area contributed by atoms with Crippen LogP contribution in [0.1, 0.15) is 376 Å². The fourth-order valence-electron chi connectivity index (χ4n) is 11.3. The highest BCUT2D eigenvalue weighted by molar-refractivity contribution is 5.73. The van der Waals surface area contributed by atoms with Gasteiger partial charge in [-0.2, -0.15) is 0 Å². The summed E-state index contributed by atoms with van der Waals surface area (Å²) in [7, 11) is 0. The van der Waals surface area contributed by atoms with E-state index in [1.165, 1.54) is 96.3 Å². The van der Waals surface area contributed by atoms with Crippen LogP contribution in [0.25, 0.3) is 0 Å². The van der Waals surface area contributed by atoms with Crippen LogP contribution in [0.4, 0.5) is 0 Å². The average molecular weight is 1540 g/mol. The summed E-state index contributed by atoms with van der Waals surface area (Å²) in [6.45, 7) is 14.9. The zero-order valence-corrected chi connectivity index (χ0v) is 68.9. The number of aliphatic hydroxyl groups is 6. The fourth-order valence-corrected chi connectivity index (χ4v) is 11.3. The highest BCUT2D eigenvalue weighted by Crippen LogP contribution is 2.18. The topological polar surface area (TPSA) is 332 Å². The molecule has 0 aromatic heterocycles. The van der Waals surface area contributed by atoms with E-state index in [-0.39, 0.29) is 96.5 Å². The molecule has 0 aliphatic carbocycles. The minimum Gasteiger partial charge on any atom is -0.462 e. The zero-order chi connectivity index (χ0) is 80.7. The van der Waals surface area contributed by atoms with Gasteiger partial charge in [0.05, 0.1) is 50.0 Å². The third-order valence-corrected chi connectivity index (χ3v) is 17.8. The van der Waals surface area contributed by atoms with Crippen molar-refractivity contribution in [3.05, 3.63) is 36.5 Å². The van der Waals surface area contributed by atoms with Crippen LogP contribution >= 0.6 is 0 Å². The molecule has 0 radical (unpaired) electrons. The van der Waals surface area contributed by atoms with Crippen molar-refractivity contribution in [2.24, 2.45) is 0 Å². The maximum Gasteiger partial charge on any atom is 0.310 e. The lowest BCUT2D eigenvalue weighted by Crippen LogP contribution is -2.31. The van der Waals surface area contributed by atoms with Crippen LogP contribution in [0.5, 0.6) is 0 Å². The second-order valence-corrected chi connectivity index (χ2v) is 28.6. The van der Waals surface area contributed by atoms with Crippen molar-refractivity contribution in [2.45, 2.75) is 425 Å². The molecule has 632 valence electrons. The predicted molar refractivity (Wildman–Crippen MR) is 425 cm³/mol. The number of ether oxygens (including phenoxy) is 8. The molecule has 0 amide bonds. The molecular formula is C86H156O22. The van der Waals surface area contributed by atoms with Gasteiger partial charge in [0.15, 0.2) is 18.3 Å². The molecule has 0 spiro atoms. The van der Waals surface area contributed by atoms with Crippen LogP contribution < -0.4 is 0 Å². The Morgan fingerprint density at radius 2 is 0.519 bits per heavy atom. The summed E-state index contributed by atoms with van der Waals surface area (Å²) in [6.07, 6.45) is 48.5. The number of unbranched alkanes of at least 4 members (excludes halogenated alkanes) is 22. The lowest BCUT2D eigenvalue weighted by molar-refractivity contribution is -0.167. The van der Waals surface area contributed by atoms with E-state index < -0.39 is 91.1 Å². The standard InChI is InChI=1S/C36H68O9.C33H56O6.C17H32O7/c1-4-7-8-9-10-13-16-21-32(39)22-17-14-11-12-15-18-23-34(40)43-28-33(45-36(42)27-25-31(38)20-6-3)29-44-35(41)26-24-30(37)19-5-2;1-4-7-10-11-12-13-14-15-16-17-18-19-20-21-24-26-32(35)38-29-30(39-33(36)27-23-9-6-3)28-37-31(34)25-22-8-5-2;1-3-5-13(19)7-9-16(21)23-12-15(11-18)24-17(22)10-8-14(20)6-4-2/h30-33,37-39H,4-29H2,1-3H3;8-9,15-16,22-23,30H,4-7,10-14,17-21,24-29H2,1-3H3;13-15,18-20H,3-12H2,1-2H3/b;16-15-,22-8-,23-9-;. The molecule has 0 heterocycles. The predicted octanol–water partition coefficient (Wildman–Crippen LogP) is 17.5. The molecule has 108 heavy (non-hydrogen) atoms. The Balaban J connectivity index is -0.00000160. The van der Waals surface area contributed by atoms with E-state index in [1.54, 1.807) is 12.2 Å². The molecule has 22 nitrogen and oxygen atoms in total. The smallest absolute Gasteiger partial charge is 0.310 e. The molecule has 0 aromatic carbocycles. The van der Waals surface area contributed by atoms with E-state index in [4.69, 9.17) is 37.9 Å². The maximum atomic E-state index is 12.3. The number of hydrogen-bond acceptors (Lipinski definition) is 22. The van der Waals surface area contributed by atoms with E-state index in [0.29, 0.717) is 57.8 Å². The molecule has 0 saturated heterocycles. The number of aliphatic hydroxyl groups excluding tert-OH is 6. The first kappa shape index (κ1) is 107. The van der Waals surface area contributed by atoms with E-state index >= 15 is 0 Å². The van der Waals surface area contributed by atoms with Gasteiger partial charge in [0.25, 0.3) is 0 Å².